The van der Waals surface area contributed by atoms with E-state index in [4.69, 9.17) is 11.5 Å². The molecule has 1 saturated carbocycles. The number of carbonyl (C=O) groups is 2. The third-order valence-electron chi connectivity index (χ3n) is 5.13. The number of amides is 2. The highest BCUT2D eigenvalue weighted by Gasteiger charge is 2.38. The van der Waals surface area contributed by atoms with E-state index in [-0.39, 0.29) is 5.91 Å². The van der Waals surface area contributed by atoms with Gasteiger partial charge in [-0.25, -0.2) is 0 Å². The molecule has 2 aliphatic carbocycles. The number of hydrogen-bond donors (Lipinski definition) is 2. The van der Waals surface area contributed by atoms with Gasteiger partial charge in [-0.2, -0.15) is 0 Å². The van der Waals surface area contributed by atoms with E-state index in [1.165, 1.54) is 32.1 Å². The van der Waals surface area contributed by atoms with Crippen molar-refractivity contribution in [2.75, 3.05) is 0 Å². The molecule has 0 bridgehead atoms. The Kier molecular flexibility index (Phi) is 4.86. The summed E-state index contributed by atoms with van der Waals surface area (Å²) in [4.78, 5) is 23.6. The smallest absolute Gasteiger partial charge is 0.244 e. The quantitative estimate of drug-likeness (QED) is 0.815. The summed E-state index contributed by atoms with van der Waals surface area (Å²) in [5.41, 5.74) is 11.7. The van der Waals surface area contributed by atoms with Crippen molar-refractivity contribution in [1.82, 2.24) is 0 Å². The Morgan fingerprint density at radius 1 is 1.24 bits per heavy atom. The van der Waals surface area contributed by atoms with Crippen LogP contribution < -0.4 is 11.5 Å². The molecule has 1 unspecified atom stereocenters. The topological polar surface area (TPSA) is 86.2 Å². The molecular weight excluding hydrogens is 264 g/mol. The molecule has 4 heteroatoms. The fraction of sp³-hybridized carbons (Fsp3) is 0.647. The van der Waals surface area contributed by atoms with Crippen molar-refractivity contribution in [3.8, 4) is 0 Å². The van der Waals surface area contributed by atoms with Gasteiger partial charge < -0.3 is 11.5 Å². The molecule has 0 aliphatic heterocycles. The molecule has 1 fully saturated rings. The number of primary amides is 2. The zero-order chi connectivity index (χ0) is 15.5. The van der Waals surface area contributed by atoms with Gasteiger partial charge in [0.1, 0.15) is 0 Å². The first-order valence-electron chi connectivity index (χ1n) is 7.93. The van der Waals surface area contributed by atoms with Gasteiger partial charge in [-0.1, -0.05) is 44.3 Å². The van der Waals surface area contributed by atoms with Gasteiger partial charge in [0, 0.05) is 5.57 Å². The van der Waals surface area contributed by atoms with E-state index in [0.29, 0.717) is 24.3 Å². The van der Waals surface area contributed by atoms with Gasteiger partial charge in [-0.05, 0) is 37.7 Å². The summed E-state index contributed by atoms with van der Waals surface area (Å²) in [6.45, 7) is 1.85. The van der Waals surface area contributed by atoms with Crippen LogP contribution in [0.3, 0.4) is 0 Å². The molecule has 4 nitrogen and oxygen atoms in total. The van der Waals surface area contributed by atoms with Crippen LogP contribution in [0.5, 0.6) is 0 Å². The maximum Gasteiger partial charge on any atom is 0.244 e. The van der Waals surface area contributed by atoms with Crippen LogP contribution in [-0.2, 0) is 9.59 Å². The molecule has 4 N–H and O–H groups in total. The molecule has 1 atom stereocenters. The van der Waals surface area contributed by atoms with Gasteiger partial charge >= 0.3 is 0 Å². The molecule has 21 heavy (non-hydrogen) atoms. The second kappa shape index (κ2) is 6.46. The zero-order valence-electron chi connectivity index (χ0n) is 12.9. The summed E-state index contributed by atoms with van der Waals surface area (Å²) in [7, 11) is 0. The van der Waals surface area contributed by atoms with Gasteiger partial charge in [-0.3, -0.25) is 9.59 Å². The highest BCUT2D eigenvalue weighted by molar-refractivity contribution is 5.96. The lowest BCUT2D eigenvalue weighted by atomic mass is 9.70. The van der Waals surface area contributed by atoms with Crippen LogP contribution in [0.2, 0.25) is 0 Å². The van der Waals surface area contributed by atoms with Crippen LogP contribution in [0.4, 0.5) is 0 Å². The molecular formula is C17H26N2O2. The molecule has 0 aromatic rings. The Bertz CT molecular complexity index is 487. The highest BCUT2D eigenvalue weighted by atomic mass is 16.1. The van der Waals surface area contributed by atoms with Gasteiger partial charge in [0.05, 0.1) is 5.41 Å². The maximum atomic E-state index is 12.0. The maximum absolute atomic E-state index is 12.0. The SMILES string of the molecule is CC1=C(C(N)=O)CC(CCC2CCCCC2)(C(N)=O)C=C1. The van der Waals surface area contributed by atoms with Crippen molar-refractivity contribution in [2.45, 2.75) is 58.3 Å². The summed E-state index contributed by atoms with van der Waals surface area (Å²) in [6.07, 6.45) is 12.2. The van der Waals surface area contributed by atoms with Crippen LogP contribution in [0, 0.1) is 11.3 Å². The Labute approximate surface area is 126 Å². The average Bonchev–Trinajstić information content (AvgIpc) is 2.47. The first-order valence-corrected chi connectivity index (χ1v) is 7.93. The minimum atomic E-state index is -0.735. The predicted octanol–water partition coefficient (Wildman–Crippen LogP) is 2.58. The third kappa shape index (κ3) is 3.55. The fourth-order valence-electron chi connectivity index (χ4n) is 3.58. The summed E-state index contributed by atoms with van der Waals surface area (Å²) >= 11 is 0. The lowest BCUT2D eigenvalue weighted by Crippen LogP contribution is -2.39. The predicted molar refractivity (Wildman–Crippen MR) is 83.1 cm³/mol. The van der Waals surface area contributed by atoms with Crippen molar-refractivity contribution in [1.29, 1.82) is 0 Å². The first-order chi connectivity index (χ1) is 9.94. The van der Waals surface area contributed by atoms with E-state index in [2.05, 4.69) is 0 Å². The van der Waals surface area contributed by atoms with Crippen molar-refractivity contribution in [2.24, 2.45) is 22.8 Å². The molecule has 0 saturated heterocycles. The van der Waals surface area contributed by atoms with E-state index in [1.54, 1.807) is 0 Å². The summed E-state index contributed by atoms with van der Waals surface area (Å²) in [6, 6.07) is 0. The van der Waals surface area contributed by atoms with Crippen LogP contribution >= 0.6 is 0 Å². The summed E-state index contributed by atoms with van der Waals surface area (Å²) in [5.74, 6) is -0.103. The first kappa shape index (κ1) is 15.8. The molecule has 2 amide bonds. The number of carbonyl (C=O) groups excluding carboxylic acids is 2. The molecule has 116 valence electrons. The molecule has 0 aromatic carbocycles. The van der Waals surface area contributed by atoms with E-state index < -0.39 is 11.3 Å². The minimum absolute atomic E-state index is 0.346. The second-order valence-electron chi connectivity index (χ2n) is 6.60. The van der Waals surface area contributed by atoms with Crippen LogP contribution in [0.15, 0.2) is 23.3 Å². The third-order valence-corrected chi connectivity index (χ3v) is 5.13. The van der Waals surface area contributed by atoms with Gasteiger partial charge in [0.2, 0.25) is 11.8 Å². The zero-order valence-corrected chi connectivity index (χ0v) is 12.9. The summed E-state index contributed by atoms with van der Waals surface area (Å²) in [5, 5.41) is 0. The van der Waals surface area contributed by atoms with Crippen LogP contribution in [0.25, 0.3) is 0 Å². The molecule has 0 spiro atoms. The Balaban J connectivity index is 2.10. The molecule has 0 radical (unpaired) electrons. The Hall–Kier alpha value is -1.58. The molecule has 2 aliphatic rings. The van der Waals surface area contributed by atoms with Crippen LogP contribution in [-0.4, -0.2) is 11.8 Å². The standard InChI is InChI=1S/C17H26N2O2/c1-12-7-9-17(16(19)21,11-14(12)15(18)20)10-8-13-5-3-2-4-6-13/h7,9,13H,2-6,8,10-11H2,1H3,(H2,18,20)(H2,19,21). The molecule has 0 heterocycles. The largest absolute Gasteiger partial charge is 0.369 e. The van der Waals surface area contributed by atoms with Crippen molar-refractivity contribution in [3.05, 3.63) is 23.3 Å². The molecule has 2 rings (SSSR count). The lowest BCUT2D eigenvalue weighted by Gasteiger charge is -2.33. The monoisotopic (exact) mass is 290 g/mol. The minimum Gasteiger partial charge on any atom is -0.369 e. The van der Waals surface area contributed by atoms with Gasteiger partial charge in [0.15, 0.2) is 0 Å². The Morgan fingerprint density at radius 2 is 1.90 bits per heavy atom. The number of allylic oxidation sites excluding steroid dienone is 2. The average molecular weight is 290 g/mol. The Morgan fingerprint density at radius 3 is 2.48 bits per heavy atom. The number of nitrogens with two attached hydrogens (primary N) is 2. The fourth-order valence-corrected chi connectivity index (χ4v) is 3.58. The van der Waals surface area contributed by atoms with Crippen molar-refractivity contribution < 1.29 is 9.59 Å². The second-order valence-corrected chi connectivity index (χ2v) is 6.60. The van der Waals surface area contributed by atoms with E-state index in [0.717, 1.165) is 12.0 Å². The van der Waals surface area contributed by atoms with E-state index in [1.807, 2.05) is 19.1 Å². The van der Waals surface area contributed by atoms with E-state index in [9.17, 15) is 9.59 Å². The highest BCUT2D eigenvalue weighted by Crippen LogP contribution is 2.40. The summed E-state index contributed by atoms with van der Waals surface area (Å²) < 4.78 is 0. The lowest BCUT2D eigenvalue weighted by molar-refractivity contribution is -0.126. The number of hydrogen-bond acceptors (Lipinski definition) is 2. The van der Waals surface area contributed by atoms with Crippen molar-refractivity contribution >= 4 is 11.8 Å². The van der Waals surface area contributed by atoms with Gasteiger partial charge in [0.25, 0.3) is 0 Å². The van der Waals surface area contributed by atoms with E-state index >= 15 is 0 Å². The van der Waals surface area contributed by atoms with Gasteiger partial charge in [-0.15, -0.1) is 0 Å². The normalized spacial score (nSPS) is 26.9. The van der Waals surface area contributed by atoms with Crippen molar-refractivity contribution in [3.63, 3.8) is 0 Å². The molecule has 0 aromatic heterocycles. The number of rotatable bonds is 5. The van der Waals surface area contributed by atoms with Crippen LogP contribution in [0.1, 0.15) is 58.3 Å².